The topological polar surface area (TPSA) is 79.5 Å². The van der Waals surface area contributed by atoms with Crippen molar-refractivity contribution in [3.8, 4) is 16.9 Å². The van der Waals surface area contributed by atoms with E-state index in [0.717, 1.165) is 22.5 Å². The molecular weight excluding hydrogens is 364 g/mol. The molecule has 0 aliphatic rings. The summed E-state index contributed by atoms with van der Waals surface area (Å²) >= 11 is 0. The summed E-state index contributed by atoms with van der Waals surface area (Å²) in [6.45, 7) is 0. The summed E-state index contributed by atoms with van der Waals surface area (Å²) in [6.07, 6.45) is 3.54. The molecule has 4 rings (SSSR count). The highest BCUT2D eigenvalue weighted by Crippen LogP contribution is 2.22. The Hall–Kier alpha value is -4.19. The molecule has 29 heavy (non-hydrogen) atoms. The van der Waals surface area contributed by atoms with Crippen LogP contribution in [0.1, 0.15) is 15.9 Å². The molecule has 3 aromatic carbocycles. The highest BCUT2D eigenvalue weighted by molar-refractivity contribution is 5.94. The lowest BCUT2D eigenvalue weighted by atomic mass is 10.1. The van der Waals surface area contributed by atoms with Crippen LogP contribution < -0.4 is 5.43 Å². The molecule has 142 valence electrons. The lowest BCUT2D eigenvalue weighted by molar-refractivity contribution is 0.0698. The van der Waals surface area contributed by atoms with Crippen LogP contribution in [0.4, 0.5) is 5.69 Å². The van der Waals surface area contributed by atoms with Gasteiger partial charge in [-0.05, 0) is 24.3 Å². The standard InChI is InChI=1S/C23H18N4O2/c28-23(29)20-13-7-8-14-21(20)25-24-15-18-16-27(19-11-5-2-6-12-19)26-22(18)17-9-3-1-4-10-17/h1-16,25H,(H,28,29)/b24-15+. The third kappa shape index (κ3) is 4.06. The van der Waals surface area contributed by atoms with Gasteiger partial charge in [-0.25, -0.2) is 9.48 Å². The van der Waals surface area contributed by atoms with Crippen molar-refractivity contribution >= 4 is 17.9 Å². The van der Waals surface area contributed by atoms with E-state index in [1.54, 1.807) is 29.1 Å². The molecule has 6 heteroatoms. The van der Waals surface area contributed by atoms with Crippen LogP contribution in [0.15, 0.2) is 96.2 Å². The zero-order valence-electron chi connectivity index (χ0n) is 15.4. The van der Waals surface area contributed by atoms with Gasteiger partial charge in [0.1, 0.15) is 5.69 Å². The second-order valence-corrected chi connectivity index (χ2v) is 6.30. The number of para-hydroxylation sites is 2. The van der Waals surface area contributed by atoms with Gasteiger partial charge in [-0.3, -0.25) is 5.43 Å². The minimum Gasteiger partial charge on any atom is -0.478 e. The first-order chi connectivity index (χ1) is 14.2. The van der Waals surface area contributed by atoms with Gasteiger partial charge in [0.15, 0.2) is 0 Å². The molecule has 0 spiro atoms. The Bertz CT molecular complexity index is 1150. The lowest BCUT2D eigenvalue weighted by Gasteiger charge is -2.04. The van der Waals surface area contributed by atoms with E-state index in [0.29, 0.717) is 5.69 Å². The van der Waals surface area contributed by atoms with E-state index < -0.39 is 5.97 Å². The second-order valence-electron chi connectivity index (χ2n) is 6.30. The van der Waals surface area contributed by atoms with Crippen molar-refractivity contribution in [2.45, 2.75) is 0 Å². The van der Waals surface area contributed by atoms with Crippen LogP contribution in [0, 0.1) is 0 Å². The van der Waals surface area contributed by atoms with Gasteiger partial charge >= 0.3 is 5.97 Å². The third-order valence-corrected chi connectivity index (χ3v) is 4.36. The zero-order valence-corrected chi connectivity index (χ0v) is 15.4. The summed E-state index contributed by atoms with van der Waals surface area (Å²) in [7, 11) is 0. The van der Waals surface area contributed by atoms with Gasteiger partial charge in [-0.1, -0.05) is 60.7 Å². The molecule has 0 amide bonds. The number of rotatable bonds is 6. The van der Waals surface area contributed by atoms with Crippen molar-refractivity contribution in [1.82, 2.24) is 9.78 Å². The maximum atomic E-state index is 11.3. The molecule has 0 aliphatic carbocycles. The summed E-state index contributed by atoms with van der Waals surface area (Å²) < 4.78 is 1.80. The Kier molecular flexibility index (Phi) is 5.16. The second kappa shape index (κ2) is 8.22. The van der Waals surface area contributed by atoms with Crippen LogP contribution in [0.3, 0.4) is 0 Å². The Morgan fingerprint density at radius 2 is 1.59 bits per heavy atom. The Morgan fingerprint density at radius 1 is 0.931 bits per heavy atom. The van der Waals surface area contributed by atoms with Crippen LogP contribution >= 0.6 is 0 Å². The smallest absolute Gasteiger partial charge is 0.337 e. The van der Waals surface area contributed by atoms with E-state index in [-0.39, 0.29) is 5.56 Å². The van der Waals surface area contributed by atoms with E-state index in [4.69, 9.17) is 5.10 Å². The lowest BCUT2D eigenvalue weighted by Crippen LogP contribution is -2.02. The number of aromatic carboxylic acids is 1. The molecule has 4 aromatic rings. The molecule has 0 fully saturated rings. The van der Waals surface area contributed by atoms with Crippen LogP contribution in [0.25, 0.3) is 16.9 Å². The highest BCUT2D eigenvalue weighted by atomic mass is 16.4. The summed E-state index contributed by atoms with van der Waals surface area (Å²) in [5, 5.41) is 18.3. The highest BCUT2D eigenvalue weighted by Gasteiger charge is 2.11. The minimum absolute atomic E-state index is 0.160. The van der Waals surface area contributed by atoms with Gasteiger partial charge < -0.3 is 5.11 Å². The number of carboxylic acid groups (broad SMARTS) is 1. The molecule has 2 N–H and O–H groups in total. The molecule has 0 atom stereocenters. The van der Waals surface area contributed by atoms with E-state index in [9.17, 15) is 9.90 Å². The maximum Gasteiger partial charge on any atom is 0.337 e. The molecule has 6 nitrogen and oxygen atoms in total. The molecule has 0 radical (unpaired) electrons. The van der Waals surface area contributed by atoms with Crippen molar-refractivity contribution in [2.75, 3.05) is 5.43 Å². The fourth-order valence-corrected chi connectivity index (χ4v) is 2.95. The molecule has 1 aromatic heterocycles. The summed E-state index contributed by atoms with van der Waals surface area (Å²) in [4.78, 5) is 11.3. The van der Waals surface area contributed by atoms with Crippen LogP contribution in [-0.4, -0.2) is 27.1 Å². The number of benzene rings is 3. The van der Waals surface area contributed by atoms with Crippen molar-refractivity contribution in [2.24, 2.45) is 5.10 Å². The van der Waals surface area contributed by atoms with Crippen LogP contribution in [-0.2, 0) is 0 Å². The van der Waals surface area contributed by atoms with Gasteiger partial charge in [0, 0.05) is 17.3 Å². The number of carbonyl (C=O) groups is 1. The number of carboxylic acids is 1. The Morgan fingerprint density at radius 3 is 2.31 bits per heavy atom. The molecule has 0 unspecified atom stereocenters. The fraction of sp³-hybridized carbons (Fsp3) is 0. The van der Waals surface area contributed by atoms with Crippen LogP contribution in [0.5, 0.6) is 0 Å². The number of hydrogen-bond acceptors (Lipinski definition) is 4. The predicted molar refractivity (Wildman–Crippen MR) is 114 cm³/mol. The van der Waals surface area contributed by atoms with E-state index >= 15 is 0 Å². The van der Waals surface area contributed by atoms with E-state index in [2.05, 4.69) is 10.5 Å². The Labute approximate surface area is 167 Å². The SMILES string of the molecule is O=C(O)c1ccccc1N/N=C/c1cn(-c2ccccc2)nc1-c1ccccc1. The molecule has 0 saturated carbocycles. The van der Waals surface area contributed by atoms with Crippen LogP contribution in [0.2, 0.25) is 0 Å². The van der Waals surface area contributed by atoms with E-state index in [1.165, 1.54) is 6.07 Å². The third-order valence-electron chi connectivity index (χ3n) is 4.36. The predicted octanol–water partition coefficient (Wildman–Crippen LogP) is 4.68. The van der Waals surface area contributed by atoms with Gasteiger partial charge in [-0.2, -0.15) is 10.2 Å². The largest absolute Gasteiger partial charge is 0.478 e. The normalized spacial score (nSPS) is 10.9. The average molecular weight is 382 g/mol. The average Bonchev–Trinajstić information content (AvgIpc) is 3.19. The summed E-state index contributed by atoms with van der Waals surface area (Å²) in [6, 6.07) is 26.3. The quantitative estimate of drug-likeness (QED) is 0.375. The maximum absolute atomic E-state index is 11.3. The van der Waals surface area contributed by atoms with Crippen molar-refractivity contribution in [3.05, 3.63) is 102 Å². The number of hydrogen-bond donors (Lipinski definition) is 2. The number of aromatic nitrogens is 2. The minimum atomic E-state index is -1.01. The number of hydrazone groups is 1. The number of anilines is 1. The fourth-order valence-electron chi connectivity index (χ4n) is 2.95. The first-order valence-electron chi connectivity index (χ1n) is 9.04. The monoisotopic (exact) mass is 382 g/mol. The van der Waals surface area contributed by atoms with Crippen molar-refractivity contribution in [3.63, 3.8) is 0 Å². The zero-order chi connectivity index (χ0) is 20.1. The summed E-state index contributed by atoms with van der Waals surface area (Å²) in [5.74, 6) is -1.01. The summed E-state index contributed by atoms with van der Waals surface area (Å²) in [5.41, 5.74) is 6.90. The van der Waals surface area contributed by atoms with Gasteiger partial charge in [-0.15, -0.1) is 0 Å². The molecule has 0 saturated heterocycles. The number of nitrogens with one attached hydrogen (secondary N) is 1. The number of nitrogens with zero attached hydrogens (tertiary/aromatic N) is 3. The molecule has 1 heterocycles. The van der Waals surface area contributed by atoms with Crippen molar-refractivity contribution < 1.29 is 9.90 Å². The van der Waals surface area contributed by atoms with Crippen molar-refractivity contribution in [1.29, 1.82) is 0 Å². The first-order valence-corrected chi connectivity index (χ1v) is 9.04. The molecule has 0 bridgehead atoms. The Balaban J connectivity index is 1.68. The van der Waals surface area contributed by atoms with Gasteiger partial charge in [0.25, 0.3) is 0 Å². The first kappa shape index (κ1) is 18.2. The van der Waals surface area contributed by atoms with E-state index in [1.807, 2.05) is 66.9 Å². The van der Waals surface area contributed by atoms with Gasteiger partial charge in [0.05, 0.1) is 23.2 Å². The van der Waals surface area contributed by atoms with Gasteiger partial charge in [0.2, 0.25) is 0 Å². The molecular formula is C23H18N4O2. The molecule has 0 aliphatic heterocycles.